The molecule has 0 radical (unpaired) electrons. The molecule has 1 amide bonds. The van der Waals surface area contributed by atoms with Gasteiger partial charge in [-0.1, -0.05) is 19.4 Å². The minimum atomic E-state index is -0.0901. The molecule has 31 heavy (non-hydrogen) atoms. The van der Waals surface area contributed by atoms with Crippen molar-refractivity contribution in [3.05, 3.63) is 39.8 Å². The van der Waals surface area contributed by atoms with Crippen molar-refractivity contribution in [2.24, 2.45) is 0 Å². The van der Waals surface area contributed by atoms with E-state index in [2.05, 4.69) is 16.3 Å². The van der Waals surface area contributed by atoms with E-state index in [0.29, 0.717) is 29.5 Å². The molecular weight excluding hydrogens is 410 g/mol. The van der Waals surface area contributed by atoms with E-state index in [4.69, 9.17) is 9.47 Å². The second-order valence-corrected chi connectivity index (χ2v) is 8.76. The van der Waals surface area contributed by atoms with Crippen LogP contribution in [0.25, 0.3) is 0 Å². The molecule has 0 saturated heterocycles. The predicted molar refractivity (Wildman–Crippen MR) is 124 cm³/mol. The summed E-state index contributed by atoms with van der Waals surface area (Å²) < 4.78 is 11.0. The Labute approximate surface area is 188 Å². The zero-order valence-electron chi connectivity index (χ0n) is 18.6. The number of nitriles is 1. The molecule has 0 fully saturated rings. The van der Waals surface area contributed by atoms with Crippen molar-refractivity contribution < 1.29 is 14.3 Å². The third-order valence-electron chi connectivity index (χ3n) is 5.53. The van der Waals surface area contributed by atoms with Gasteiger partial charge in [0, 0.05) is 11.4 Å². The normalized spacial score (nSPS) is 13.3. The largest absolute Gasteiger partial charge is 0.493 e. The first-order chi connectivity index (χ1) is 15.1. The van der Waals surface area contributed by atoms with Crippen molar-refractivity contribution in [1.82, 2.24) is 4.90 Å². The average Bonchev–Trinajstić information content (AvgIpc) is 2.92. The molecule has 1 aromatic heterocycles. The molecule has 0 saturated carbocycles. The van der Waals surface area contributed by atoms with E-state index < -0.39 is 0 Å². The molecule has 0 spiro atoms. The summed E-state index contributed by atoms with van der Waals surface area (Å²) >= 11 is 1.57. The molecule has 1 heterocycles. The second-order valence-electron chi connectivity index (χ2n) is 7.65. The Balaban J connectivity index is 1.66. The number of carbonyl (C=O) groups is 1. The van der Waals surface area contributed by atoms with E-state index in [0.717, 1.165) is 49.1 Å². The molecule has 1 N–H and O–H groups in total. The van der Waals surface area contributed by atoms with E-state index >= 15 is 0 Å². The molecule has 0 unspecified atom stereocenters. The van der Waals surface area contributed by atoms with Crippen LogP contribution in [-0.2, 0) is 24.2 Å². The van der Waals surface area contributed by atoms with Gasteiger partial charge in [-0.2, -0.15) is 5.26 Å². The van der Waals surface area contributed by atoms with Gasteiger partial charge in [0.1, 0.15) is 11.1 Å². The average molecular weight is 442 g/mol. The lowest BCUT2D eigenvalue weighted by molar-refractivity contribution is -0.117. The van der Waals surface area contributed by atoms with Crippen LogP contribution in [0.1, 0.15) is 54.7 Å². The zero-order valence-corrected chi connectivity index (χ0v) is 19.4. The number of hydrogen-bond acceptors (Lipinski definition) is 6. The monoisotopic (exact) mass is 441 g/mol. The van der Waals surface area contributed by atoms with Gasteiger partial charge in [0.15, 0.2) is 11.5 Å². The first kappa shape index (κ1) is 23.1. The third kappa shape index (κ3) is 5.78. The van der Waals surface area contributed by atoms with Gasteiger partial charge in [0.25, 0.3) is 0 Å². The number of anilines is 1. The maximum absolute atomic E-state index is 12.8. The smallest absolute Gasteiger partial charge is 0.239 e. The molecule has 0 atom stereocenters. The Bertz CT molecular complexity index is 948. The number of hydrogen-bond donors (Lipinski definition) is 1. The van der Waals surface area contributed by atoms with E-state index in [-0.39, 0.29) is 12.5 Å². The molecule has 1 aliphatic rings. The number of likely N-dealkylation sites (N-methyl/N-ethyl adjacent to an activating group) is 1. The number of ether oxygens (including phenoxy) is 2. The Morgan fingerprint density at radius 3 is 2.74 bits per heavy atom. The highest BCUT2D eigenvalue weighted by Gasteiger charge is 2.21. The summed E-state index contributed by atoms with van der Waals surface area (Å²) in [4.78, 5) is 16.1. The highest BCUT2D eigenvalue weighted by molar-refractivity contribution is 7.16. The fourth-order valence-corrected chi connectivity index (χ4v) is 5.20. The molecule has 0 bridgehead atoms. The van der Waals surface area contributed by atoms with Crippen LogP contribution < -0.4 is 14.8 Å². The van der Waals surface area contributed by atoms with Crippen LogP contribution >= 0.6 is 11.3 Å². The fourth-order valence-electron chi connectivity index (χ4n) is 3.94. The van der Waals surface area contributed by atoms with Gasteiger partial charge < -0.3 is 14.8 Å². The topological polar surface area (TPSA) is 74.6 Å². The molecule has 6 nitrogen and oxygen atoms in total. The number of benzene rings is 1. The Morgan fingerprint density at radius 2 is 2.03 bits per heavy atom. The van der Waals surface area contributed by atoms with Crippen LogP contribution in [0.15, 0.2) is 18.2 Å². The highest BCUT2D eigenvalue weighted by Crippen LogP contribution is 2.37. The molecule has 7 heteroatoms. The van der Waals surface area contributed by atoms with Gasteiger partial charge in [0.2, 0.25) is 5.91 Å². The molecule has 2 aromatic rings. The molecule has 0 aliphatic heterocycles. The summed E-state index contributed by atoms with van der Waals surface area (Å²) in [6.07, 6.45) is 5.41. The zero-order chi connectivity index (χ0) is 22.2. The number of amides is 1. The summed E-state index contributed by atoms with van der Waals surface area (Å²) in [7, 11) is 1.63. The summed E-state index contributed by atoms with van der Waals surface area (Å²) in [6, 6.07) is 8.19. The van der Waals surface area contributed by atoms with Crippen molar-refractivity contribution in [1.29, 1.82) is 5.26 Å². The number of rotatable bonds is 9. The maximum Gasteiger partial charge on any atom is 0.239 e. The number of nitrogens with one attached hydrogen (secondary N) is 1. The Hall–Kier alpha value is -2.56. The van der Waals surface area contributed by atoms with Crippen LogP contribution in [0, 0.1) is 11.3 Å². The van der Waals surface area contributed by atoms with Gasteiger partial charge >= 0.3 is 0 Å². The first-order valence-corrected chi connectivity index (χ1v) is 11.8. The van der Waals surface area contributed by atoms with Crippen molar-refractivity contribution in [3.8, 4) is 17.6 Å². The fraction of sp³-hybridized carbons (Fsp3) is 0.500. The number of nitrogens with zero attached hydrogens (tertiary/aromatic N) is 2. The lowest BCUT2D eigenvalue weighted by atomic mass is 10.1. The maximum atomic E-state index is 12.8. The van der Waals surface area contributed by atoms with Crippen LogP contribution in [-0.4, -0.2) is 37.6 Å². The van der Waals surface area contributed by atoms with Crippen molar-refractivity contribution >= 4 is 22.2 Å². The van der Waals surface area contributed by atoms with E-state index in [1.165, 1.54) is 11.3 Å². The van der Waals surface area contributed by atoms with Crippen LogP contribution in [0.4, 0.5) is 5.00 Å². The minimum Gasteiger partial charge on any atom is -0.493 e. The van der Waals surface area contributed by atoms with Gasteiger partial charge in [0.05, 0.1) is 25.8 Å². The third-order valence-corrected chi connectivity index (χ3v) is 6.74. The van der Waals surface area contributed by atoms with Crippen molar-refractivity contribution in [2.75, 3.05) is 32.1 Å². The van der Waals surface area contributed by atoms with Gasteiger partial charge in [-0.3, -0.25) is 9.69 Å². The van der Waals surface area contributed by atoms with Crippen LogP contribution in [0.3, 0.4) is 0 Å². The molecule has 166 valence electrons. The number of thiophene rings is 1. The summed E-state index contributed by atoms with van der Waals surface area (Å²) in [6.45, 7) is 6.17. The van der Waals surface area contributed by atoms with E-state index in [1.807, 2.05) is 32.0 Å². The first-order valence-electron chi connectivity index (χ1n) is 11.0. The summed E-state index contributed by atoms with van der Waals surface area (Å²) in [5.41, 5.74) is 2.86. The molecule has 1 aliphatic carbocycles. The van der Waals surface area contributed by atoms with Crippen molar-refractivity contribution in [3.63, 3.8) is 0 Å². The lowest BCUT2D eigenvalue weighted by Crippen LogP contribution is -2.32. The number of fused-ring (bicyclic) bond motifs is 1. The van der Waals surface area contributed by atoms with Gasteiger partial charge in [-0.25, -0.2) is 0 Å². The van der Waals surface area contributed by atoms with Crippen molar-refractivity contribution in [2.45, 2.75) is 52.5 Å². The van der Waals surface area contributed by atoms with E-state index in [1.54, 1.807) is 18.4 Å². The Morgan fingerprint density at radius 1 is 1.23 bits per heavy atom. The predicted octanol–water partition coefficient (Wildman–Crippen LogP) is 4.76. The number of aryl methyl sites for hydroxylation is 1. The molecular formula is C24H31N3O3S. The summed E-state index contributed by atoms with van der Waals surface area (Å²) in [5, 5.41) is 13.4. The minimum absolute atomic E-state index is 0.0901. The standard InChI is InChI=1S/C24H31N3O3S/c1-4-27(15-17-11-12-20(30-5-2)21(13-17)29-3)16-23(28)26-24-19(14-25)18-9-7-6-8-10-22(18)31-24/h11-13H,4-10,15-16H2,1-3H3,(H,26,28). The van der Waals surface area contributed by atoms with Crippen LogP contribution in [0.5, 0.6) is 11.5 Å². The quantitative estimate of drug-likeness (QED) is 0.568. The van der Waals surface area contributed by atoms with E-state index in [9.17, 15) is 10.1 Å². The SMILES string of the molecule is CCOc1ccc(CN(CC)CC(=O)Nc2sc3c(c2C#N)CCCCC3)cc1OC. The van der Waals surface area contributed by atoms with Crippen LogP contribution in [0.2, 0.25) is 0 Å². The van der Waals surface area contributed by atoms with Gasteiger partial charge in [-0.05, 0) is 62.4 Å². The molecule has 1 aromatic carbocycles. The highest BCUT2D eigenvalue weighted by atomic mass is 32.1. The van der Waals surface area contributed by atoms with Gasteiger partial charge in [-0.15, -0.1) is 11.3 Å². The lowest BCUT2D eigenvalue weighted by Gasteiger charge is -2.20. The number of carbonyl (C=O) groups excluding carboxylic acids is 1. The number of methoxy groups -OCH3 is 1. The Kier molecular flexibility index (Phi) is 8.33. The summed E-state index contributed by atoms with van der Waals surface area (Å²) in [5.74, 6) is 1.32. The second kappa shape index (κ2) is 11.2. The molecule has 3 rings (SSSR count).